The summed E-state index contributed by atoms with van der Waals surface area (Å²) in [4.78, 5) is 15.8. The van der Waals surface area contributed by atoms with E-state index in [9.17, 15) is 13.6 Å². The molecule has 3 rings (SSSR count). The van der Waals surface area contributed by atoms with Crippen molar-refractivity contribution in [2.75, 3.05) is 0 Å². The number of hydrogen-bond donors (Lipinski definition) is 0. The zero-order valence-corrected chi connectivity index (χ0v) is 12.0. The molecule has 5 heteroatoms. The van der Waals surface area contributed by atoms with Crippen molar-refractivity contribution < 1.29 is 13.6 Å². The number of carbonyl (C=O) groups excluding carboxylic acids is 1. The van der Waals surface area contributed by atoms with E-state index in [0.29, 0.717) is 11.9 Å². The lowest BCUT2D eigenvalue weighted by atomic mass is 10.1. The molecule has 3 aromatic rings. The van der Waals surface area contributed by atoms with Crippen LogP contribution in [0.25, 0.3) is 22.2 Å². The number of pyridine rings is 1. The molecule has 0 aliphatic heterocycles. The van der Waals surface area contributed by atoms with Gasteiger partial charge < -0.3 is 4.57 Å². The van der Waals surface area contributed by atoms with Crippen LogP contribution in [0, 0.1) is 11.6 Å². The molecule has 0 saturated heterocycles. The summed E-state index contributed by atoms with van der Waals surface area (Å²) in [6.07, 6.45) is 3.23. The van der Waals surface area contributed by atoms with Crippen LogP contribution in [-0.2, 0) is 11.3 Å². The predicted octanol–water partition coefficient (Wildman–Crippen LogP) is 3.96. The summed E-state index contributed by atoms with van der Waals surface area (Å²) in [5, 5.41) is 0. The van der Waals surface area contributed by atoms with Crippen LogP contribution >= 0.6 is 0 Å². The predicted molar refractivity (Wildman–Crippen MR) is 80.4 cm³/mol. The lowest BCUT2D eigenvalue weighted by molar-refractivity contribution is -0.119. The second-order valence-corrected chi connectivity index (χ2v) is 5.10. The smallest absolute Gasteiger partial charge is 0.167 e. The second kappa shape index (κ2) is 5.67. The number of halogens is 2. The second-order valence-electron chi connectivity index (χ2n) is 5.10. The lowest BCUT2D eigenvalue weighted by Gasteiger charge is -2.05. The van der Waals surface area contributed by atoms with Gasteiger partial charge in [0.1, 0.15) is 11.3 Å². The molecule has 112 valence electrons. The molecule has 0 amide bonds. The maximum Gasteiger partial charge on any atom is 0.167 e. The molecule has 0 radical (unpaired) electrons. The monoisotopic (exact) mass is 300 g/mol. The Morgan fingerprint density at radius 3 is 2.59 bits per heavy atom. The van der Waals surface area contributed by atoms with Crippen LogP contribution in [0.5, 0.6) is 0 Å². The molecule has 1 aromatic carbocycles. The molecule has 0 aliphatic carbocycles. The first-order valence-corrected chi connectivity index (χ1v) is 7.00. The summed E-state index contributed by atoms with van der Waals surface area (Å²) in [6.45, 7) is 1.89. The third-order valence-corrected chi connectivity index (χ3v) is 3.59. The first-order valence-electron chi connectivity index (χ1n) is 7.00. The molecule has 0 fully saturated rings. The van der Waals surface area contributed by atoms with E-state index in [2.05, 4.69) is 4.98 Å². The maximum atomic E-state index is 13.9. The van der Waals surface area contributed by atoms with Crippen LogP contribution in [-0.4, -0.2) is 15.3 Å². The average molecular weight is 300 g/mol. The van der Waals surface area contributed by atoms with Gasteiger partial charge in [-0.1, -0.05) is 19.1 Å². The Hall–Kier alpha value is -2.56. The number of hydrogen-bond acceptors (Lipinski definition) is 2. The van der Waals surface area contributed by atoms with Crippen molar-refractivity contribution in [2.45, 2.75) is 19.9 Å². The largest absolute Gasteiger partial charge is 0.336 e. The molecule has 0 N–H and O–H groups in total. The van der Waals surface area contributed by atoms with Gasteiger partial charge in [0.05, 0.1) is 12.1 Å². The number of carbonyl (C=O) groups is 1. The van der Waals surface area contributed by atoms with Crippen molar-refractivity contribution in [3.05, 3.63) is 54.4 Å². The van der Waals surface area contributed by atoms with Crippen molar-refractivity contribution in [2.24, 2.45) is 0 Å². The van der Waals surface area contributed by atoms with Gasteiger partial charge in [-0.3, -0.25) is 9.78 Å². The lowest BCUT2D eigenvalue weighted by Crippen LogP contribution is -2.07. The number of aromatic nitrogens is 2. The molecule has 0 aliphatic rings. The standard InChI is InChI=1S/C17H14F2N2O/c1-2-14(22)9-21-10-15(19)17-16(21)7-12(8-20-17)11-3-5-13(18)6-4-11/h3-8,10H,2,9H2,1H3. The highest BCUT2D eigenvalue weighted by molar-refractivity contribution is 5.85. The Labute approximate surface area is 126 Å². The first-order chi connectivity index (χ1) is 10.6. The summed E-state index contributed by atoms with van der Waals surface area (Å²) in [5.41, 5.74) is 2.32. The number of ketones is 1. The molecule has 22 heavy (non-hydrogen) atoms. The van der Waals surface area contributed by atoms with E-state index in [1.807, 2.05) is 0 Å². The van der Waals surface area contributed by atoms with Crippen LogP contribution in [0.15, 0.2) is 42.7 Å². The van der Waals surface area contributed by atoms with Crippen LogP contribution < -0.4 is 0 Å². The first kappa shape index (κ1) is 14.4. The van der Waals surface area contributed by atoms with E-state index in [-0.39, 0.29) is 23.7 Å². The topological polar surface area (TPSA) is 34.9 Å². The number of fused-ring (bicyclic) bond motifs is 1. The highest BCUT2D eigenvalue weighted by atomic mass is 19.1. The number of benzene rings is 1. The number of Topliss-reactive ketones (excluding diaryl/α,β-unsaturated/α-hetero) is 1. The quantitative estimate of drug-likeness (QED) is 0.731. The maximum absolute atomic E-state index is 13.9. The van der Waals surface area contributed by atoms with Gasteiger partial charge in [-0.2, -0.15) is 0 Å². The van der Waals surface area contributed by atoms with Crippen molar-refractivity contribution in [3.63, 3.8) is 0 Å². The SMILES string of the molecule is CCC(=O)Cn1cc(F)c2ncc(-c3ccc(F)cc3)cc21. The molecule has 3 nitrogen and oxygen atoms in total. The normalized spacial score (nSPS) is 11.0. The summed E-state index contributed by atoms with van der Waals surface area (Å²) in [6, 6.07) is 7.76. The van der Waals surface area contributed by atoms with Crippen LogP contribution in [0.4, 0.5) is 8.78 Å². The van der Waals surface area contributed by atoms with Crippen molar-refractivity contribution in [1.29, 1.82) is 0 Å². The van der Waals surface area contributed by atoms with Crippen LogP contribution in [0.1, 0.15) is 13.3 Å². The Morgan fingerprint density at radius 2 is 1.91 bits per heavy atom. The van der Waals surface area contributed by atoms with Gasteiger partial charge in [-0.15, -0.1) is 0 Å². The minimum atomic E-state index is -0.454. The van der Waals surface area contributed by atoms with E-state index in [4.69, 9.17) is 0 Å². The summed E-state index contributed by atoms with van der Waals surface area (Å²) >= 11 is 0. The van der Waals surface area contributed by atoms with E-state index < -0.39 is 5.82 Å². The molecule has 0 unspecified atom stereocenters. The van der Waals surface area contributed by atoms with Crippen LogP contribution in [0.3, 0.4) is 0 Å². The highest BCUT2D eigenvalue weighted by Crippen LogP contribution is 2.25. The van der Waals surface area contributed by atoms with Gasteiger partial charge in [0.2, 0.25) is 0 Å². The molecular weight excluding hydrogens is 286 g/mol. The van der Waals surface area contributed by atoms with E-state index in [1.165, 1.54) is 18.3 Å². The van der Waals surface area contributed by atoms with Gasteiger partial charge in [-0.05, 0) is 23.8 Å². The van der Waals surface area contributed by atoms with Crippen molar-refractivity contribution >= 4 is 16.8 Å². The molecule has 2 heterocycles. The van der Waals surface area contributed by atoms with Gasteiger partial charge in [0.25, 0.3) is 0 Å². The zero-order valence-electron chi connectivity index (χ0n) is 12.0. The van der Waals surface area contributed by atoms with Crippen molar-refractivity contribution in [1.82, 2.24) is 9.55 Å². The number of nitrogens with zero attached hydrogens (tertiary/aromatic N) is 2. The van der Waals surface area contributed by atoms with Gasteiger partial charge in [0, 0.05) is 24.4 Å². The van der Waals surface area contributed by atoms with Crippen molar-refractivity contribution in [3.8, 4) is 11.1 Å². The fourth-order valence-electron chi connectivity index (χ4n) is 2.36. The zero-order chi connectivity index (χ0) is 15.7. The Morgan fingerprint density at radius 1 is 1.18 bits per heavy atom. The van der Waals surface area contributed by atoms with Crippen LogP contribution in [0.2, 0.25) is 0 Å². The molecule has 2 aromatic heterocycles. The minimum absolute atomic E-state index is 0.0177. The molecular formula is C17H14F2N2O. The van der Waals surface area contributed by atoms with E-state index in [1.54, 1.807) is 35.9 Å². The van der Waals surface area contributed by atoms with Gasteiger partial charge >= 0.3 is 0 Å². The third kappa shape index (κ3) is 2.62. The third-order valence-electron chi connectivity index (χ3n) is 3.59. The number of rotatable bonds is 4. The Balaban J connectivity index is 2.09. The minimum Gasteiger partial charge on any atom is -0.336 e. The summed E-state index contributed by atoms with van der Waals surface area (Å²) in [7, 11) is 0. The fourth-order valence-corrected chi connectivity index (χ4v) is 2.36. The average Bonchev–Trinajstić information content (AvgIpc) is 2.83. The molecule has 0 atom stereocenters. The van der Waals surface area contributed by atoms with Gasteiger partial charge in [0.15, 0.2) is 11.6 Å². The van der Waals surface area contributed by atoms with E-state index in [0.717, 1.165) is 11.1 Å². The van der Waals surface area contributed by atoms with E-state index >= 15 is 0 Å². The summed E-state index contributed by atoms with van der Waals surface area (Å²) in [5.74, 6) is -0.755. The van der Waals surface area contributed by atoms with Gasteiger partial charge in [-0.25, -0.2) is 8.78 Å². The summed E-state index contributed by atoms with van der Waals surface area (Å²) < 4.78 is 28.5. The highest BCUT2D eigenvalue weighted by Gasteiger charge is 2.13. The Bertz CT molecular complexity index is 838. The fraction of sp³-hybridized carbons (Fsp3) is 0.176. The Kier molecular flexibility index (Phi) is 3.71. The molecule has 0 spiro atoms. The molecule has 0 bridgehead atoms. The molecule has 0 saturated carbocycles.